The fourth-order valence-corrected chi connectivity index (χ4v) is 1.81. The van der Waals surface area contributed by atoms with E-state index in [0.29, 0.717) is 12.1 Å². The van der Waals surface area contributed by atoms with Crippen LogP contribution in [-0.2, 0) is 6.54 Å². The third kappa shape index (κ3) is 4.77. The van der Waals surface area contributed by atoms with Crippen molar-refractivity contribution in [2.45, 2.75) is 51.7 Å². The second-order valence-electron chi connectivity index (χ2n) is 4.24. The van der Waals surface area contributed by atoms with Crippen molar-refractivity contribution in [2.75, 3.05) is 6.61 Å². The van der Waals surface area contributed by atoms with Crippen molar-refractivity contribution in [1.29, 1.82) is 0 Å². The van der Waals surface area contributed by atoms with Crippen LogP contribution in [0.3, 0.4) is 0 Å². The number of hydrogen-bond donors (Lipinski definition) is 2. The van der Waals surface area contributed by atoms with Gasteiger partial charge in [-0.3, -0.25) is 4.68 Å². The standard InChI is InChI=1S/C12H23N3O/c1-3-12(6-10-16)14-11(2)5-9-15-8-4-7-13-15/h4,7-8,11-12,14,16H,3,5-6,9-10H2,1-2H3. The molecule has 92 valence electrons. The number of hydrogen-bond acceptors (Lipinski definition) is 3. The second-order valence-corrected chi connectivity index (χ2v) is 4.24. The monoisotopic (exact) mass is 225 g/mol. The van der Waals surface area contributed by atoms with Crippen LogP contribution in [0, 0.1) is 0 Å². The van der Waals surface area contributed by atoms with E-state index in [1.54, 1.807) is 6.20 Å². The van der Waals surface area contributed by atoms with Gasteiger partial charge < -0.3 is 10.4 Å². The molecule has 0 bridgehead atoms. The molecule has 0 saturated carbocycles. The van der Waals surface area contributed by atoms with E-state index in [1.807, 2.05) is 16.9 Å². The predicted molar refractivity (Wildman–Crippen MR) is 65.2 cm³/mol. The van der Waals surface area contributed by atoms with Gasteiger partial charge in [0.2, 0.25) is 0 Å². The molecule has 0 aliphatic carbocycles. The number of rotatable bonds is 8. The Kier molecular flexibility index (Phi) is 6.11. The molecule has 0 amide bonds. The predicted octanol–water partition coefficient (Wildman–Crippen LogP) is 1.41. The molecular formula is C12H23N3O. The summed E-state index contributed by atoms with van der Waals surface area (Å²) >= 11 is 0. The minimum atomic E-state index is 0.261. The van der Waals surface area contributed by atoms with Gasteiger partial charge in [0.05, 0.1) is 0 Å². The van der Waals surface area contributed by atoms with Crippen LogP contribution < -0.4 is 5.32 Å². The molecule has 0 fully saturated rings. The molecule has 0 spiro atoms. The van der Waals surface area contributed by atoms with Crippen LogP contribution >= 0.6 is 0 Å². The largest absolute Gasteiger partial charge is 0.396 e. The van der Waals surface area contributed by atoms with E-state index in [4.69, 9.17) is 5.11 Å². The molecule has 0 radical (unpaired) electrons. The van der Waals surface area contributed by atoms with Crippen molar-refractivity contribution in [3.8, 4) is 0 Å². The Morgan fingerprint density at radius 1 is 1.44 bits per heavy atom. The van der Waals surface area contributed by atoms with Crippen molar-refractivity contribution in [2.24, 2.45) is 0 Å². The maximum atomic E-state index is 8.91. The third-order valence-electron chi connectivity index (χ3n) is 2.84. The van der Waals surface area contributed by atoms with Gasteiger partial charge in [0.15, 0.2) is 0 Å². The molecule has 4 nitrogen and oxygen atoms in total. The summed E-state index contributed by atoms with van der Waals surface area (Å²) < 4.78 is 1.95. The van der Waals surface area contributed by atoms with Crippen LogP contribution in [0.4, 0.5) is 0 Å². The van der Waals surface area contributed by atoms with Gasteiger partial charge in [-0.15, -0.1) is 0 Å². The molecule has 1 aromatic rings. The van der Waals surface area contributed by atoms with Gasteiger partial charge in [-0.05, 0) is 32.3 Å². The second kappa shape index (κ2) is 7.41. The Labute approximate surface area is 97.7 Å². The van der Waals surface area contributed by atoms with Crippen LogP contribution in [0.15, 0.2) is 18.5 Å². The third-order valence-corrected chi connectivity index (χ3v) is 2.84. The molecule has 1 rings (SSSR count). The Hall–Kier alpha value is -0.870. The lowest BCUT2D eigenvalue weighted by Crippen LogP contribution is -2.37. The lowest BCUT2D eigenvalue weighted by molar-refractivity contribution is 0.254. The van der Waals surface area contributed by atoms with Crippen molar-refractivity contribution in [1.82, 2.24) is 15.1 Å². The molecule has 2 unspecified atom stereocenters. The first-order valence-electron chi connectivity index (χ1n) is 6.10. The smallest absolute Gasteiger partial charge is 0.0489 e. The SMILES string of the molecule is CCC(CCO)NC(C)CCn1cccn1. The van der Waals surface area contributed by atoms with E-state index < -0.39 is 0 Å². The van der Waals surface area contributed by atoms with E-state index in [1.165, 1.54) is 0 Å². The van der Waals surface area contributed by atoms with Gasteiger partial charge in [-0.1, -0.05) is 6.92 Å². The highest BCUT2D eigenvalue weighted by molar-refractivity contribution is 4.78. The average molecular weight is 225 g/mol. The molecule has 0 aliphatic heterocycles. The summed E-state index contributed by atoms with van der Waals surface area (Å²) in [7, 11) is 0. The Morgan fingerprint density at radius 3 is 2.81 bits per heavy atom. The Balaban J connectivity index is 2.21. The van der Waals surface area contributed by atoms with Crippen molar-refractivity contribution in [3.05, 3.63) is 18.5 Å². The highest BCUT2D eigenvalue weighted by Gasteiger charge is 2.09. The van der Waals surface area contributed by atoms with Crippen LogP contribution in [0.5, 0.6) is 0 Å². The quantitative estimate of drug-likeness (QED) is 0.703. The van der Waals surface area contributed by atoms with Crippen molar-refractivity contribution >= 4 is 0 Å². The number of aromatic nitrogens is 2. The van der Waals surface area contributed by atoms with E-state index in [0.717, 1.165) is 25.8 Å². The van der Waals surface area contributed by atoms with E-state index >= 15 is 0 Å². The van der Waals surface area contributed by atoms with E-state index in [-0.39, 0.29) is 6.61 Å². The van der Waals surface area contributed by atoms with Gasteiger partial charge in [0.25, 0.3) is 0 Å². The normalized spacial score (nSPS) is 14.9. The molecular weight excluding hydrogens is 202 g/mol. The fraction of sp³-hybridized carbons (Fsp3) is 0.750. The zero-order valence-corrected chi connectivity index (χ0v) is 10.3. The summed E-state index contributed by atoms with van der Waals surface area (Å²) in [6.07, 6.45) is 6.75. The van der Waals surface area contributed by atoms with Gasteiger partial charge >= 0.3 is 0 Å². The fourth-order valence-electron chi connectivity index (χ4n) is 1.81. The average Bonchev–Trinajstić information content (AvgIpc) is 2.78. The maximum absolute atomic E-state index is 8.91. The highest BCUT2D eigenvalue weighted by atomic mass is 16.3. The van der Waals surface area contributed by atoms with Crippen LogP contribution in [0.25, 0.3) is 0 Å². The Bertz CT molecular complexity index is 261. The minimum Gasteiger partial charge on any atom is -0.396 e. The number of aryl methyl sites for hydroxylation is 1. The Morgan fingerprint density at radius 2 is 2.25 bits per heavy atom. The molecule has 2 N–H and O–H groups in total. The highest BCUT2D eigenvalue weighted by Crippen LogP contribution is 2.02. The van der Waals surface area contributed by atoms with Crippen LogP contribution in [0.1, 0.15) is 33.1 Å². The first-order chi connectivity index (χ1) is 7.76. The van der Waals surface area contributed by atoms with E-state index in [2.05, 4.69) is 24.3 Å². The lowest BCUT2D eigenvalue weighted by Gasteiger charge is -2.21. The summed E-state index contributed by atoms with van der Waals surface area (Å²) in [4.78, 5) is 0. The van der Waals surface area contributed by atoms with Crippen molar-refractivity contribution < 1.29 is 5.11 Å². The molecule has 1 aromatic heterocycles. The van der Waals surface area contributed by atoms with E-state index in [9.17, 15) is 0 Å². The maximum Gasteiger partial charge on any atom is 0.0489 e. The summed E-state index contributed by atoms with van der Waals surface area (Å²) in [5.41, 5.74) is 0. The summed E-state index contributed by atoms with van der Waals surface area (Å²) in [5, 5.41) is 16.6. The van der Waals surface area contributed by atoms with Gasteiger partial charge in [-0.25, -0.2) is 0 Å². The number of nitrogens with one attached hydrogen (secondary N) is 1. The lowest BCUT2D eigenvalue weighted by atomic mass is 10.1. The first-order valence-corrected chi connectivity index (χ1v) is 6.10. The first kappa shape index (κ1) is 13.2. The molecule has 2 atom stereocenters. The topological polar surface area (TPSA) is 50.1 Å². The minimum absolute atomic E-state index is 0.261. The number of nitrogens with zero attached hydrogens (tertiary/aromatic N) is 2. The summed E-state index contributed by atoms with van der Waals surface area (Å²) in [6.45, 7) is 5.53. The van der Waals surface area contributed by atoms with Gasteiger partial charge in [0.1, 0.15) is 0 Å². The number of aliphatic hydroxyl groups excluding tert-OH is 1. The molecule has 0 aromatic carbocycles. The van der Waals surface area contributed by atoms with Crippen LogP contribution in [-0.4, -0.2) is 33.6 Å². The van der Waals surface area contributed by atoms with Crippen molar-refractivity contribution in [3.63, 3.8) is 0 Å². The van der Waals surface area contributed by atoms with Gasteiger partial charge in [0, 0.05) is 37.6 Å². The van der Waals surface area contributed by atoms with Gasteiger partial charge in [-0.2, -0.15) is 5.10 Å². The summed E-state index contributed by atoms with van der Waals surface area (Å²) in [6, 6.07) is 2.83. The molecule has 0 saturated heterocycles. The zero-order valence-electron chi connectivity index (χ0n) is 10.3. The number of aliphatic hydroxyl groups is 1. The van der Waals surface area contributed by atoms with Crippen LogP contribution in [0.2, 0.25) is 0 Å². The molecule has 4 heteroatoms. The molecule has 0 aliphatic rings. The molecule has 1 heterocycles. The zero-order chi connectivity index (χ0) is 11.8. The summed E-state index contributed by atoms with van der Waals surface area (Å²) in [5.74, 6) is 0. The molecule has 16 heavy (non-hydrogen) atoms.